The van der Waals surface area contributed by atoms with Crippen molar-refractivity contribution in [3.8, 4) is 0 Å². The van der Waals surface area contributed by atoms with Crippen molar-refractivity contribution in [2.75, 3.05) is 4.90 Å². The molecule has 1 unspecified atom stereocenters. The van der Waals surface area contributed by atoms with E-state index in [4.69, 9.17) is 4.74 Å². The van der Waals surface area contributed by atoms with Gasteiger partial charge in [0.2, 0.25) is 0 Å². The normalized spacial score (nSPS) is 21.7. The number of aromatic nitrogens is 1. The Balaban J connectivity index is 1.50. The fourth-order valence-corrected chi connectivity index (χ4v) is 4.34. The molecule has 1 saturated heterocycles. The van der Waals surface area contributed by atoms with Gasteiger partial charge in [0, 0.05) is 17.1 Å². The topological polar surface area (TPSA) is 71.9 Å². The highest BCUT2D eigenvalue weighted by molar-refractivity contribution is 5.93. The molecule has 1 aromatic heterocycles. The van der Waals surface area contributed by atoms with Crippen LogP contribution in [0.4, 0.5) is 10.5 Å². The van der Waals surface area contributed by atoms with Crippen molar-refractivity contribution in [3.63, 3.8) is 0 Å². The minimum Gasteiger partial charge on any atom is -0.441 e. The van der Waals surface area contributed by atoms with E-state index in [0.717, 1.165) is 22.0 Å². The SMILES string of the molecule is CC1(C)OC(=O)N(c2ccc(C3C=c4ccncc4=NC3=O)cc2)[C@H]1c1ccccc1. The van der Waals surface area contributed by atoms with Gasteiger partial charge in [-0.05, 0) is 43.2 Å². The number of rotatable bonds is 3. The monoisotopic (exact) mass is 411 g/mol. The first kappa shape index (κ1) is 19.2. The number of hydrogen-bond donors (Lipinski definition) is 0. The molecule has 0 N–H and O–H groups in total. The average molecular weight is 411 g/mol. The zero-order valence-electron chi connectivity index (χ0n) is 17.2. The maximum absolute atomic E-state index is 12.8. The predicted molar refractivity (Wildman–Crippen MR) is 116 cm³/mol. The molecule has 2 aromatic carbocycles. The number of nitrogens with zero attached hydrogens (tertiary/aromatic N) is 3. The standard InChI is InChI=1S/C25H21N3O3/c1-25(2)22(17-6-4-3-5-7-17)28(24(30)31-25)19-10-8-16(9-11-19)20-14-18-12-13-26-15-21(18)27-23(20)29/h3-15,20,22H,1-2H3/t20?,22-/m0/s1. The first-order valence-electron chi connectivity index (χ1n) is 10.2. The minimum absolute atomic E-state index is 0.225. The molecule has 154 valence electrons. The lowest BCUT2D eigenvalue weighted by atomic mass is 9.91. The molecule has 0 radical (unpaired) electrons. The summed E-state index contributed by atoms with van der Waals surface area (Å²) in [5.74, 6) is -0.687. The zero-order chi connectivity index (χ0) is 21.6. The molecule has 31 heavy (non-hydrogen) atoms. The molecule has 0 spiro atoms. The van der Waals surface area contributed by atoms with Crippen LogP contribution in [0.25, 0.3) is 6.08 Å². The number of carbonyl (C=O) groups excluding carboxylic acids is 2. The van der Waals surface area contributed by atoms with Gasteiger partial charge in [0.1, 0.15) is 11.6 Å². The molecule has 3 aromatic rings. The molecule has 2 aliphatic heterocycles. The molecule has 5 rings (SSSR count). The summed E-state index contributed by atoms with van der Waals surface area (Å²) < 4.78 is 5.69. The van der Waals surface area contributed by atoms with Crippen molar-refractivity contribution < 1.29 is 14.3 Å². The van der Waals surface area contributed by atoms with Crippen LogP contribution in [0.5, 0.6) is 0 Å². The lowest BCUT2D eigenvalue weighted by Gasteiger charge is -2.29. The first-order valence-corrected chi connectivity index (χ1v) is 10.2. The maximum atomic E-state index is 12.8. The Morgan fingerprint density at radius 3 is 2.42 bits per heavy atom. The van der Waals surface area contributed by atoms with Gasteiger partial charge in [0.15, 0.2) is 0 Å². The van der Waals surface area contributed by atoms with Crippen LogP contribution in [-0.4, -0.2) is 22.6 Å². The summed E-state index contributed by atoms with van der Waals surface area (Å²) in [6.45, 7) is 3.83. The van der Waals surface area contributed by atoms with Gasteiger partial charge in [-0.3, -0.25) is 14.7 Å². The number of benzene rings is 2. The summed E-state index contributed by atoms with van der Waals surface area (Å²) in [5.41, 5.74) is 1.86. The summed E-state index contributed by atoms with van der Waals surface area (Å²) in [6, 6.07) is 18.9. The molecule has 6 heteroatoms. The molecule has 2 amide bonds. The summed E-state index contributed by atoms with van der Waals surface area (Å²) in [4.78, 5) is 35.2. The number of fused-ring (bicyclic) bond motifs is 1. The Hall–Kier alpha value is -3.80. The van der Waals surface area contributed by atoms with E-state index in [2.05, 4.69) is 9.98 Å². The number of cyclic esters (lactones) is 1. The molecule has 1 fully saturated rings. The first-order chi connectivity index (χ1) is 14.9. The van der Waals surface area contributed by atoms with Crippen molar-refractivity contribution in [2.24, 2.45) is 4.99 Å². The third kappa shape index (κ3) is 3.30. The Morgan fingerprint density at radius 1 is 0.935 bits per heavy atom. The molecular weight excluding hydrogens is 390 g/mol. The van der Waals surface area contributed by atoms with Crippen LogP contribution < -0.4 is 15.5 Å². The highest BCUT2D eigenvalue weighted by Crippen LogP contribution is 2.43. The molecular formula is C25H21N3O3. The van der Waals surface area contributed by atoms with Crippen molar-refractivity contribution in [1.29, 1.82) is 0 Å². The predicted octanol–water partition coefficient (Wildman–Crippen LogP) is 3.28. The van der Waals surface area contributed by atoms with E-state index >= 15 is 0 Å². The van der Waals surface area contributed by atoms with Crippen LogP contribution in [0.2, 0.25) is 0 Å². The summed E-state index contributed by atoms with van der Waals surface area (Å²) in [7, 11) is 0. The van der Waals surface area contributed by atoms with Crippen LogP contribution in [0.3, 0.4) is 0 Å². The molecule has 2 atom stereocenters. The van der Waals surface area contributed by atoms with Crippen LogP contribution in [0.1, 0.15) is 36.9 Å². The average Bonchev–Trinajstić information content (AvgIpc) is 3.02. The van der Waals surface area contributed by atoms with Gasteiger partial charge in [-0.1, -0.05) is 48.5 Å². The number of carbonyl (C=O) groups is 2. The summed E-state index contributed by atoms with van der Waals surface area (Å²) in [5, 5.41) is 1.48. The minimum atomic E-state index is -0.680. The van der Waals surface area contributed by atoms with Crippen molar-refractivity contribution in [2.45, 2.75) is 31.4 Å². The largest absolute Gasteiger partial charge is 0.441 e. The number of amides is 2. The summed E-state index contributed by atoms with van der Waals surface area (Å²) >= 11 is 0. The number of ether oxygens (including phenoxy) is 1. The van der Waals surface area contributed by atoms with Crippen LogP contribution in [0, 0.1) is 0 Å². The Labute approximate surface area is 179 Å². The van der Waals surface area contributed by atoms with E-state index in [9.17, 15) is 9.59 Å². The van der Waals surface area contributed by atoms with E-state index in [0.29, 0.717) is 5.36 Å². The number of hydrogen-bond acceptors (Lipinski definition) is 4. The Morgan fingerprint density at radius 2 is 1.68 bits per heavy atom. The molecule has 6 nitrogen and oxygen atoms in total. The van der Waals surface area contributed by atoms with E-state index < -0.39 is 11.5 Å². The quantitative estimate of drug-likeness (QED) is 0.663. The van der Waals surface area contributed by atoms with Gasteiger partial charge < -0.3 is 4.74 Å². The fourth-order valence-electron chi connectivity index (χ4n) is 4.34. The third-order valence-electron chi connectivity index (χ3n) is 5.79. The Kier molecular flexibility index (Phi) is 4.43. The van der Waals surface area contributed by atoms with Crippen molar-refractivity contribution in [3.05, 3.63) is 94.8 Å². The number of anilines is 1. The Bertz CT molecular complexity index is 1280. The maximum Gasteiger partial charge on any atom is 0.415 e. The van der Waals surface area contributed by atoms with E-state index in [-0.39, 0.29) is 18.0 Å². The third-order valence-corrected chi connectivity index (χ3v) is 5.79. The lowest BCUT2D eigenvalue weighted by Crippen LogP contribution is -2.34. The second-order valence-electron chi connectivity index (χ2n) is 8.28. The van der Waals surface area contributed by atoms with Gasteiger partial charge in [0.05, 0.1) is 17.5 Å². The highest BCUT2D eigenvalue weighted by Gasteiger charge is 2.49. The van der Waals surface area contributed by atoms with Crippen LogP contribution in [0.15, 0.2) is 78.0 Å². The molecule has 2 aliphatic rings. The van der Waals surface area contributed by atoms with Gasteiger partial charge in [-0.15, -0.1) is 0 Å². The van der Waals surface area contributed by atoms with Crippen LogP contribution >= 0.6 is 0 Å². The van der Waals surface area contributed by atoms with E-state index in [1.807, 2.05) is 80.6 Å². The second-order valence-corrected chi connectivity index (χ2v) is 8.28. The van der Waals surface area contributed by atoms with E-state index in [1.54, 1.807) is 17.3 Å². The number of pyridine rings is 1. The van der Waals surface area contributed by atoms with E-state index in [1.165, 1.54) is 0 Å². The summed E-state index contributed by atoms with van der Waals surface area (Å²) in [6.07, 6.45) is 4.79. The molecule has 3 heterocycles. The van der Waals surface area contributed by atoms with Gasteiger partial charge in [0.25, 0.3) is 5.91 Å². The molecule has 0 saturated carbocycles. The van der Waals surface area contributed by atoms with Gasteiger partial charge >= 0.3 is 6.09 Å². The molecule has 0 aliphatic carbocycles. The van der Waals surface area contributed by atoms with Crippen molar-refractivity contribution in [1.82, 2.24) is 4.98 Å². The highest BCUT2D eigenvalue weighted by atomic mass is 16.6. The molecule has 0 bridgehead atoms. The van der Waals surface area contributed by atoms with Crippen molar-refractivity contribution >= 4 is 23.8 Å². The van der Waals surface area contributed by atoms with Crippen LogP contribution in [-0.2, 0) is 9.53 Å². The van der Waals surface area contributed by atoms with Gasteiger partial charge in [-0.2, -0.15) is 0 Å². The lowest BCUT2D eigenvalue weighted by molar-refractivity contribution is -0.118. The van der Waals surface area contributed by atoms with Gasteiger partial charge in [-0.25, -0.2) is 9.79 Å². The second kappa shape index (κ2) is 7.16. The zero-order valence-corrected chi connectivity index (χ0v) is 17.2. The smallest absolute Gasteiger partial charge is 0.415 e. The fraction of sp³-hybridized carbons (Fsp3) is 0.200.